The molecule has 4 saturated carbocycles. The number of hydrogen-bond donors (Lipinski definition) is 2. The molecule has 8 atom stereocenters. The maximum absolute atomic E-state index is 15.9. The zero-order valence-electron chi connectivity index (χ0n) is 40.7. The highest BCUT2D eigenvalue weighted by molar-refractivity contribution is 7.15. The van der Waals surface area contributed by atoms with Crippen molar-refractivity contribution in [2.24, 2.45) is 23.2 Å². The number of halogens is 4. The molecule has 4 fully saturated rings. The summed E-state index contributed by atoms with van der Waals surface area (Å²) in [6.07, 6.45) is 6.88. The topological polar surface area (TPSA) is 209 Å². The van der Waals surface area contributed by atoms with E-state index in [1.807, 2.05) is 5.01 Å². The second kappa shape index (κ2) is 15.9. The van der Waals surface area contributed by atoms with E-state index in [1.165, 1.54) is 47.7 Å². The molecular weight excluding hydrogens is 1010 g/mol. The number of nitrogens with zero attached hydrogens (tertiary/aromatic N) is 10. The zero-order chi connectivity index (χ0) is 52.6. The summed E-state index contributed by atoms with van der Waals surface area (Å²) in [7, 11) is 7.94. The summed E-state index contributed by atoms with van der Waals surface area (Å²) in [4.78, 5) is 71.5. The molecule has 384 valence electrons. The zero-order valence-corrected chi connectivity index (χ0v) is 42.4. The van der Waals surface area contributed by atoms with E-state index in [4.69, 9.17) is 4.74 Å². The molecule has 6 heterocycles. The fraction of sp³-hybridized carbons (Fsp3) is 0.420. The largest absolute Gasteiger partial charge is 0.502 e. The van der Waals surface area contributed by atoms with Crippen LogP contribution < -0.4 is 20.9 Å². The van der Waals surface area contributed by atoms with Crippen molar-refractivity contribution in [3.8, 4) is 43.8 Å². The van der Waals surface area contributed by atoms with E-state index < -0.39 is 103 Å². The number of aromatic nitrogens is 6. The van der Waals surface area contributed by atoms with Crippen LogP contribution in [-0.4, -0.2) is 114 Å². The van der Waals surface area contributed by atoms with Gasteiger partial charge < -0.3 is 24.7 Å². The first kappa shape index (κ1) is 47.8. The average Bonchev–Trinajstić information content (AvgIpc) is 3.98. The van der Waals surface area contributed by atoms with Crippen molar-refractivity contribution in [2.45, 2.75) is 75.5 Å². The molecule has 0 saturated heterocycles. The van der Waals surface area contributed by atoms with Gasteiger partial charge in [-0.2, -0.15) is 0 Å². The summed E-state index contributed by atoms with van der Waals surface area (Å²) in [5.74, 6) is -8.92. The minimum absolute atomic E-state index is 0.0156. The van der Waals surface area contributed by atoms with E-state index in [9.17, 15) is 34.2 Å². The number of fused-ring (bicyclic) bond motifs is 6. The second-order valence-electron chi connectivity index (χ2n) is 20.4. The molecule has 2 aliphatic heterocycles. The highest BCUT2D eigenvalue weighted by Gasteiger charge is 2.80. The lowest BCUT2D eigenvalue weighted by Crippen LogP contribution is -2.72. The van der Waals surface area contributed by atoms with Crippen molar-refractivity contribution in [3.63, 3.8) is 0 Å². The molecular formula is C50H46F4N10O8S2. The molecule has 12 rings (SSSR count). The van der Waals surface area contributed by atoms with E-state index in [1.54, 1.807) is 38.0 Å². The number of ether oxygens (including phenoxy) is 1. The lowest BCUT2D eigenvalue weighted by Gasteiger charge is -2.55. The third-order valence-electron chi connectivity index (χ3n) is 17.3. The lowest BCUT2D eigenvalue weighted by atomic mass is 9.86. The minimum atomic E-state index is -1.19. The maximum atomic E-state index is 15.9. The third kappa shape index (κ3) is 6.05. The van der Waals surface area contributed by atoms with Gasteiger partial charge in [-0.05, 0) is 73.6 Å². The first-order valence-corrected chi connectivity index (χ1v) is 25.5. The molecule has 2 spiro atoms. The van der Waals surface area contributed by atoms with E-state index in [0.717, 1.165) is 47.6 Å². The number of carbonyl (C=O) groups is 3. The Morgan fingerprint density at radius 2 is 1.19 bits per heavy atom. The SMILES string of the molecule is COC(=O)[C@]12C[C@H]1CCC21N(C)C(=O)c2c(O)c(=O)c(-c3nnc(C(C)c4cc(-c5cc(C(C)c6nnc(-c7cn8c(c(O)c7=O)C(=O)N(C)C7(CC[C@H]9C[C@H]97)N8C)s6)c(F)cc5F)c(F)cc4F)s3)cn2N1C. The first-order chi connectivity index (χ1) is 35.1. The molecule has 4 aromatic heterocycles. The van der Waals surface area contributed by atoms with Crippen LogP contribution in [0.1, 0.15) is 106 Å². The van der Waals surface area contributed by atoms with Gasteiger partial charge in [-0.1, -0.05) is 36.5 Å². The Balaban J connectivity index is 0.848. The number of hydrogen-bond acceptors (Lipinski definition) is 16. The Morgan fingerprint density at radius 1 is 0.689 bits per heavy atom. The Morgan fingerprint density at radius 3 is 1.65 bits per heavy atom. The number of benzene rings is 2. The van der Waals surface area contributed by atoms with Crippen molar-refractivity contribution in [1.29, 1.82) is 0 Å². The Hall–Kier alpha value is -7.21. The van der Waals surface area contributed by atoms with E-state index in [-0.39, 0.29) is 65.5 Å². The van der Waals surface area contributed by atoms with Crippen LogP contribution in [0, 0.1) is 46.4 Å². The number of esters is 1. The lowest BCUT2D eigenvalue weighted by molar-refractivity contribution is -0.153. The molecule has 74 heavy (non-hydrogen) atoms. The number of pyridine rings is 2. The summed E-state index contributed by atoms with van der Waals surface area (Å²) in [6, 6.07) is 3.32. The van der Waals surface area contributed by atoms with Crippen molar-refractivity contribution >= 4 is 40.5 Å². The molecule has 2 aromatic carbocycles. The first-order valence-electron chi connectivity index (χ1n) is 23.9. The van der Waals surface area contributed by atoms with Crippen molar-refractivity contribution in [3.05, 3.63) is 113 Å². The van der Waals surface area contributed by atoms with Gasteiger partial charge in [0, 0.05) is 81.6 Å². The Bertz CT molecular complexity index is 3640. The number of amides is 2. The number of carbonyl (C=O) groups excluding carboxylic acids is 3. The fourth-order valence-electron chi connectivity index (χ4n) is 13.1. The van der Waals surface area contributed by atoms with Gasteiger partial charge in [-0.25, -0.2) is 17.6 Å². The summed E-state index contributed by atoms with van der Waals surface area (Å²) in [5, 5.41) is 43.3. The van der Waals surface area contributed by atoms with Gasteiger partial charge in [-0.3, -0.25) is 43.3 Å². The fourth-order valence-corrected chi connectivity index (χ4v) is 15.0. The summed E-state index contributed by atoms with van der Waals surface area (Å²) in [5.41, 5.74) is -6.52. The van der Waals surface area contributed by atoms with Gasteiger partial charge in [-0.15, -0.1) is 20.4 Å². The number of aromatic hydroxyl groups is 2. The van der Waals surface area contributed by atoms with Crippen LogP contribution in [0.5, 0.6) is 11.5 Å². The van der Waals surface area contributed by atoms with Crippen LogP contribution in [0.2, 0.25) is 0 Å². The molecule has 0 radical (unpaired) electrons. The smallest absolute Gasteiger partial charge is 0.316 e. The molecule has 24 heteroatoms. The van der Waals surface area contributed by atoms with Crippen LogP contribution >= 0.6 is 22.7 Å². The van der Waals surface area contributed by atoms with Crippen molar-refractivity contribution in [2.75, 3.05) is 45.3 Å². The van der Waals surface area contributed by atoms with Crippen LogP contribution in [0.15, 0.2) is 46.2 Å². The van der Waals surface area contributed by atoms with Crippen LogP contribution in [0.25, 0.3) is 32.3 Å². The summed E-state index contributed by atoms with van der Waals surface area (Å²) in [6.45, 7) is 3.09. The predicted molar refractivity (Wildman–Crippen MR) is 260 cm³/mol. The molecule has 6 aromatic rings. The highest BCUT2D eigenvalue weighted by Crippen LogP contribution is 2.71. The second-order valence-corrected chi connectivity index (χ2v) is 22.4. The van der Waals surface area contributed by atoms with Crippen molar-refractivity contribution in [1.82, 2.24) is 39.5 Å². The van der Waals surface area contributed by atoms with E-state index >= 15 is 17.6 Å². The van der Waals surface area contributed by atoms with Crippen LogP contribution in [0.3, 0.4) is 0 Å². The predicted octanol–water partition coefficient (Wildman–Crippen LogP) is 6.09. The standard InChI is InChI=1S/C50H46F4N10O8S2/c1-20(41-55-57-43(73-41)28-18-63-35(39(67)37(28)65)45(69)59(3)49(61(63)5)10-8-22-12-30(22)49)24-13-26(33(53)15-31(24)51)27-14-25(32(52)16-34(27)54)21(2)42-56-58-44(74-42)29-19-64-36(40(68)38(29)66)46(70)60(4)50(62(64)6)11-9-23-17-48(23,50)47(71)72-7/h13-16,18-23,30,67-68H,8-12,17H2,1-7H3/t20?,21?,22-,23+,30+,48-,49?,50?/m0/s1. The Labute approximate surface area is 426 Å². The molecule has 4 unspecified atom stereocenters. The van der Waals surface area contributed by atoms with Gasteiger partial charge in [0.05, 0.1) is 18.2 Å². The van der Waals surface area contributed by atoms with Crippen molar-refractivity contribution < 1.29 is 46.9 Å². The molecule has 2 N–H and O–H groups in total. The monoisotopic (exact) mass is 1050 g/mol. The minimum Gasteiger partial charge on any atom is -0.502 e. The Kier molecular flexibility index (Phi) is 10.3. The van der Waals surface area contributed by atoms with Crippen LogP contribution in [-0.2, 0) is 9.53 Å². The van der Waals surface area contributed by atoms with Gasteiger partial charge >= 0.3 is 5.97 Å². The van der Waals surface area contributed by atoms with Gasteiger partial charge in [0.1, 0.15) is 50.0 Å². The van der Waals surface area contributed by atoms with Gasteiger partial charge in [0.2, 0.25) is 10.9 Å². The van der Waals surface area contributed by atoms with E-state index in [0.29, 0.717) is 43.7 Å². The quantitative estimate of drug-likeness (QED) is 0.131. The summed E-state index contributed by atoms with van der Waals surface area (Å²) >= 11 is 1.77. The normalized spacial score (nSPS) is 26.1. The van der Waals surface area contributed by atoms with E-state index in [2.05, 4.69) is 20.4 Å². The maximum Gasteiger partial charge on any atom is 0.316 e. The van der Waals surface area contributed by atoms with Crippen LogP contribution in [0.4, 0.5) is 17.6 Å². The molecule has 2 amide bonds. The molecule has 4 aliphatic carbocycles. The molecule has 6 aliphatic rings. The highest BCUT2D eigenvalue weighted by atomic mass is 32.1. The third-order valence-corrected chi connectivity index (χ3v) is 19.6. The average molecular weight is 1060 g/mol. The molecule has 18 nitrogen and oxygen atoms in total. The summed E-state index contributed by atoms with van der Waals surface area (Å²) < 4.78 is 71.6. The van der Waals surface area contributed by atoms with Gasteiger partial charge in [0.15, 0.2) is 32.9 Å². The van der Waals surface area contributed by atoms with Gasteiger partial charge in [0.25, 0.3) is 11.8 Å². The number of rotatable bonds is 8. The number of methoxy groups -OCH3 is 1. The molecule has 0 bridgehead atoms.